The van der Waals surface area contributed by atoms with Gasteiger partial charge in [-0.05, 0) is 85.9 Å². The fraction of sp³-hybridized carbons (Fsp3) is 0.379. The zero-order chi connectivity index (χ0) is 28.4. The van der Waals surface area contributed by atoms with Crippen LogP contribution in [-0.4, -0.2) is 54.2 Å². The Kier molecular flexibility index (Phi) is 6.15. The van der Waals surface area contributed by atoms with Crippen LogP contribution in [0, 0.1) is 24.6 Å². The molecule has 0 radical (unpaired) electrons. The Morgan fingerprint density at radius 3 is 2.71 bits per heavy atom. The zero-order valence-corrected chi connectivity index (χ0v) is 23.3. The van der Waals surface area contributed by atoms with Gasteiger partial charge in [0.2, 0.25) is 5.91 Å². The number of nitrogens with one attached hydrogen (secondary N) is 1. The number of pyridine rings is 1. The maximum atomic E-state index is 13.6. The van der Waals surface area contributed by atoms with Gasteiger partial charge in [-0.25, -0.2) is 18.7 Å². The van der Waals surface area contributed by atoms with Crippen LogP contribution >= 0.6 is 11.6 Å². The quantitative estimate of drug-likeness (QED) is 0.354. The van der Waals surface area contributed by atoms with E-state index in [0.717, 1.165) is 35.3 Å². The second kappa shape index (κ2) is 9.76. The molecule has 4 heterocycles. The monoisotopic (exact) mass is 574 g/mol. The summed E-state index contributed by atoms with van der Waals surface area (Å²) in [5.41, 5.74) is 3.91. The van der Waals surface area contributed by atoms with Crippen molar-refractivity contribution in [1.82, 2.24) is 35.1 Å². The maximum Gasteiger partial charge on any atom is 0.273 e. The van der Waals surface area contributed by atoms with Crippen LogP contribution in [0.15, 0.2) is 49.1 Å². The van der Waals surface area contributed by atoms with Crippen LogP contribution in [0.1, 0.15) is 65.3 Å². The highest BCUT2D eigenvalue weighted by molar-refractivity contribution is 6.30. The first-order chi connectivity index (χ1) is 19.7. The van der Waals surface area contributed by atoms with Crippen molar-refractivity contribution in [2.24, 2.45) is 11.8 Å². The summed E-state index contributed by atoms with van der Waals surface area (Å²) >= 11 is 6.26. The molecule has 3 fully saturated rings. The number of nitrogens with zero attached hydrogens (tertiary/aromatic N) is 7. The molecule has 7 rings (SSSR count). The Bertz CT molecular complexity index is 1680. The highest BCUT2D eigenvalue weighted by Crippen LogP contribution is 2.47. The summed E-state index contributed by atoms with van der Waals surface area (Å²) in [4.78, 5) is 31.8. The lowest BCUT2D eigenvalue weighted by molar-refractivity contribution is -0.118. The minimum absolute atomic E-state index is 0.0328. The number of fused-ring (bicyclic) bond motifs is 1. The predicted octanol–water partition coefficient (Wildman–Crippen LogP) is 4.23. The average molecular weight is 575 g/mol. The number of hydrogen-bond acceptors (Lipinski definition) is 6. The topological polar surface area (TPSA) is 111 Å². The van der Waals surface area contributed by atoms with Gasteiger partial charge in [0, 0.05) is 29.7 Å². The van der Waals surface area contributed by atoms with Gasteiger partial charge in [0.15, 0.2) is 11.5 Å². The third kappa shape index (κ3) is 4.67. The summed E-state index contributed by atoms with van der Waals surface area (Å²) in [6.45, 7) is 4.71. The first kappa shape index (κ1) is 25.8. The lowest BCUT2D eigenvalue weighted by Gasteiger charge is -2.37. The average Bonchev–Trinajstić information content (AvgIpc) is 3.22. The molecular formula is C29H28ClFN8O2. The largest absolute Gasteiger partial charge is 0.348 e. The standard InChI is InChI=1S/C29H28ClFN8O2/c1-15-5-27(37-12-18-8-23(18)29(37)41)32-11-24(15)16(2)38-14-25(35-36-38)28(40)34-21-6-17(7-21)22-9-19(30)3-4-26(22)39-13-20(31)10-33-39/h3-5,9-11,13-14,16-18,21,23H,6-8,12H2,1-2H3,(H,34,40)/t16-,17?,18+,21?,23+/m0/s1. The second-order valence-electron chi connectivity index (χ2n) is 11.4. The summed E-state index contributed by atoms with van der Waals surface area (Å²) in [6, 6.07) is 7.17. The van der Waals surface area contributed by atoms with Crippen molar-refractivity contribution in [3.63, 3.8) is 0 Å². The van der Waals surface area contributed by atoms with Gasteiger partial charge < -0.3 is 5.32 Å². The van der Waals surface area contributed by atoms with E-state index >= 15 is 0 Å². The number of piperidine rings is 1. The number of carbonyl (C=O) groups is 2. The fourth-order valence-corrected chi connectivity index (χ4v) is 6.26. The molecule has 3 aliphatic rings. The lowest BCUT2D eigenvalue weighted by atomic mass is 9.75. The van der Waals surface area contributed by atoms with E-state index in [-0.39, 0.29) is 41.4 Å². The van der Waals surface area contributed by atoms with E-state index in [1.54, 1.807) is 28.0 Å². The highest BCUT2D eigenvalue weighted by Gasteiger charge is 2.52. The number of benzene rings is 1. The number of rotatable bonds is 7. The molecule has 1 saturated heterocycles. The van der Waals surface area contributed by atoms with Gasteiger partial charge in [0.05, 0.1) is 30.3 Å². The third-order valence-electron chi connectivity index (χ3n) is 8.63. The van der Waals surface area contributed by atoms with E-state index in [1.807, 2.05) is 32.0 Å². The van der Waals surface area contributed by atoms with Crippen LogP contribution in [0.5, 0.6) is 0 Å². The number of hydrogen-bond donors (Lipinski definition) is 1. The van der Waals surface area contributed by atoms with Crippen molar-refractivity contribution < 1.29 is 14.0 Å². The van der Waals surface area contributed by atoms with E-state index < -0.39 is 5.82 Å². The lowest BCUT2D eigenvalue weighted by Crippen LogP contribution is -2.43. The Balaban J connectivity index is 0.989. The van der Waals surface area contributed by atoms with Crippen LogP contribution in [0.3, 0.4) is 0 Å². The molecule has 12 heteroatoms. The van der Waals surface area contributed by atoms with Gasteiger partial charge in [-0.2, -0.15) is 5.10 Å². The number of aryl methyl sites for hydroxylation is 1. The van der Waals surface area contributed by atoms with Gasteiger partial charge in [0.25, 0.3) is 5.91 Å². The molecule has 4 aromatic rings. The van der Waals surface area contributed by atoms with Crippen LogP contribution in [0.4, 0.5) is 10.2 Å². The summed E-state index contributed by atoms with van der Waals surface area (Å²) in [7, 11) is 0. The number of anilines is 1. The summed E-state index contributed by atoms with van der Waals surface area (Å²) in [5.74, 6) is 0.981. The van der Waals surface area contributed by atoms with Gasteiger partial charge in [-0.15, -0.1) is 5.10 Å². The van der Waals surface area contributed by atoms with Crippen LogP contribution in [0.2, 0.25) is 5.02 Å². The summed E-state index contributed by atoms with van der Waals surface area (Å²) in [5, 5.41) is 16.1. The van der Waals surface area contributed by atoms with Crippen molar-refractivity contribution in [3.8, 4) is 5.69 Å². The Morgan fingerprint density at radius 2 is 2.00 bits per heavy atom. The van der Waals surface area contributed by atoms with E-state index in [1.165, 1.54) is 17.1 Å². The number of carbonyl (C=O) groups excluding carboxylic acids is 2. The van der Waals surface area contributed by atoms with Crippen LogP contribution in [-0.2, 0) is 4.79 Å². The Labute approximate surface area is 240 Å². The number of halogens is 2. The molecule has 210 valence electrons. The van der Waals surface area contributed by atoms with Gasteiger partial charge in [-0.3, -0.25) is 14.5 Å². The Hall–Kier alpha value is -4.12. The first-order valence-electron chi connectivity index (χ1n) is 13.8. The second-order valence-corrected chi connectivity index (χ2v) is 11.8. The number of amides is 2. The van der Waals surface area contributed by atoms with Gasteiger partial charge in [-0.1, -0.05) is 16.8 Å². The van der Waals surface area contributed by atoms with Gasteiger partial charge in [0.1, 0.15) is 5.82 Å². The van der Waals surface area contributed by atoms with E-state index in [4.69, 9.17) is 11.6 Å². The van der Waals surface area contributed by atoms with Crippen molar-refractivity contribution >= 4 is 29.2 Å². The molecular weight excluding hydrogens is 547 g/mol. The summed E-state index contributed by atoms with van der Waals surface area (Å²) < 4.78 is 16.7. The molecule has 2 amide bonds. The molecule has 0 spiro atoms. The maximum absolute atomic E-state index is 13.6. The van der Waals surface area contributed by atoms with Gasteiger partial charge >= 0.3 is 0 Å². The molecule has 1 aromatic carbocycles. The SMILES string of the molecule is Cc1cc(N2C[C@H]3C[C@H]3C2=O)ncc1[C@H](C)n1cc(C(=O)NC2CC(c3cc(Cl)ccc3-n3cc(F)cn3)C2)nn1. The first-order valence-corrected chi connectivity index (χ1v) is 14.1. The molecule has 2 saturated carbocycles. The molecule has 1 N–H and O–H groups in total. The third-order valence-corrected chi connectivity index (χ3v) is 8.86. The smallest absolute Gasteiger partial charge is 0.273 e. The molecule has 2 aliphatic carbocycles. The molecule has 3 atom stereocenters. The van der Waals surface area contributed by atoms with Crippen molar-refractivity contribution in [3.05, 3.63) is 82.3 Å². The van der Waals surface area contributed by atoms with E-state index in [2.05, 4.69) is 25.7 Å². The molecule has 0 unspecified atom stereocenters. The summed E-state index contributed by atoms with van der Waals surface area (Å²) in [6.07, 6.45) is 8.35. The van der Waals surface area contributed by atoms with E-state index in [0.29, 0.717) is 29.6 Å². The minimum Gasteiger partial charge on any atom is -0.348 e. The fourth-order valence-electron chi connectivity index (χ4n) is 6.07. The molecule has 41 heavy (non-hydrogen) atoms. The highest BCUT2D eigenvalue weighted by atomic mass is 35.5. The number of aromatic nitrogens is 6. The van der Waals surface area contributed by atoms with Crippen molar-refractivity contribution in [2.75, 3.05) is 11.4 Å². The minimum atomic E-state index is -0.412. The molecule has 1 aliphatic heterocycles. The molecule has 0 bridgehead atoms. The van der Waals surface area contributed by atoms with Crippen molar-refractivity contribution in [2.45, 2.75) is 51.1 Å². The van der Waals surface area contributed by atoms with E-state index in [9.17, 15) is 14.0 Å². The Morgan fingerprint density at radius 1 is 1.17 bits per heavy atom. The molecule has 10 nitrogen and oxygen atoms in total. The van der Waals surface area contributed by atoms with Crippen LogP contribution in [0.25, 0.3) is 5.69 Å². The predicted molar refractivity (Wildman–Crippen MR) is 149 cm³/mol. The zero-order valence-electron chi connectivity index (χ0n) is 22.5. The van der Waals surface area contributed by atoms with Crippen LogP contribution < -0.4 is 10.2 Å². The molecule has 3 aromatic heterocycles. The van der Waals surface area contributed by atoms with Crippen molar-refractivity contribution in [1.29, 1.82) is 0 Å². The normalized spacial score (nSPS) is 23.7.